The Morgan fingerprint density at radius 3 is 2.88 bits per heavy atom. The quantitative estimate of drug-likeness (QED) is 0.693. The van der Waals surface area contributed by atoms with Gasteiger partial charge in [0, 0.05) is 36.0 Å². The van der Waals surface area contributed by atoms with Gasteiger partial charge < -0.3 is 9.42 Å². The number of rotatable bonds is 4. The van der Waals surface area contributed by atoms with Crippen LogP contribution in [0, 0.1) is 6.92 Å². The molecule has 4 rings (SSSR count). The molecule has 6 heteroatoms. The predicted molar refractivity (Wildman–Crippen MR) is 98.7 cm³/mol. The molecule has 1 atom stereocenters. The van der Waals surface area contributed by atoms with Crippen molar-refractivity contribution in [3.63, 3.8) is 0 Å². The highest BCUT2D eigenvalue weighted by Crippen LogP contribution is 2.30. The molecule has 1 fully saturated rings. The van der Waals surface area contributed by atoms with E-state index in [1.54, 1.807) is 12.1 Å². The first-order valence-corrected chi connectivity index (χ1v) is 8.90. The highest BCUT2D eigenvalue weighted by molar-refractivity contribution is 6.30. The minimum atomic E-state index is -0.0526. The molecular weight excluding hydrogens is 350 g/mol. The first kappa shape index (κ1) is 16.8. The average molecular weight is 368 g/mol. The molecule has 2 aromatic carbocycles. The van der Waals surface area contributed by atoms with Crippen LogP contribution in [0.1, 0.15) is 29.3 Å². The minimum Gasteiger partial charge on any atom is -0.338 e. The Labute approximate surface area is 156 Å². The summed E-state index contributed by atoms with van der Waals surface area (Å²) in [6.07, 6.45) is 0.403. The Bertz CT molecular complexity index is 953. The van der Waals surface area contributed by atoms with Crippen LogP contribution in [0.2, 0.25) is 5.02 Å². The van der Waals surface area contributed by atoms with Crippen LogP contribution in [0.25, 0.3) is 11.5 Å². The molecule has 1 aliphatic heterocycles. The number of carbonyl (C=O) groups is 1. The van der Waals surface area contributed by atoms with E-state index in [9.17, 15) is 4.79 Å². The van der Waals surface area contributed by atoms with Gasteiger partial charge in [0.1, 0.15) is 0 Å². The molecule has 26 heavy (non-hydrogen) atoms. The Morgan fingerprint density at radius 2 is 2.08 bits per heavy atom. The molecule has 1 saturated heterocycles. The molecule has 1 aliphatic rings. The normalized spacial score (nSPS) is 17.1. The van der Waals surface area contributed by atoms with Crippen LogP contribution in [-0.2, 0) is 11.3 Å². The molecule has 0 spiro atoms. The van der Waals surface area contributed by atoms with Crippen LogP contribution >= 0.6 is 11.6 Å². The molecule has 3 aromatic rings. The fourth-order valence-corrected chi connectivity index (χ4v) is 3.42. The van der Waals surface area contributed by atoms with E-state index < -0.39 is 0 Å². The van der Waals surface area contributed by atoms with E-state index in [4.69, 9.17) is 16.1 Å². The monoisotopic (exact) mass is 367 g/mol. The van der Waals surface area contributed by atoms with Crippen molar-refractivity contribution in [2.75, 3.05) is 6.54 Å². The third-order valence-electron chi connectivity index (χ3n) is 4.72. The molecule has 2 heterocycles. The fourth-order valence-electron chi connectivity index (χ4n) is 3.23. The van der Waals surface area contributed by atoms with Gasteiger partial charge in [-0.25, -0.2) is 0 Å². The number of aromatic nitrogens is 2. The lowest BCUT2D eigenvalue weighted by atomic mass is 10.1. The molecule has 1 aromatic heterocycles. The second-order valence-corrected chi connectivity index (χ2v) is 7.01. The lowest BCUT2D eigenvalue weighted by Gasteiger charge is -2.17. The maximum atomic E-state index is 12.4. The minimum absolute atomic E-state index is 0.0526. The van der Waals surface area contributed by atoms with Crippen LogP contribution in [0.5, 0.6) is 0 Å². The van der Waals surface area contributed by atoms with Gasteiger partial charge in [-0.2, -0.15) is 4.98 Å². The highest BCUT2D eigenvalue weighted by Gasteiger charge is 2.33. The Morgan fingerprint density at radius 1 is 1.23 bits per heavy atom. The fraction of sp³-hybridized carbons (Fsp3) is 0.250. The van der Waals surface area contributed by atoms with Gasteiger partial charge in [-0.1, -0.05) is 47.1 Å². The molecule has 132 valence electrons. The van der Waals surface area contributed by atoms with Crippen molar-refractivity contribution in [3.05, 3.63) is 70.5 Å². The lowest BCUT2D eigenvalue weighted by Crippen LogP contribution is -2.24. The maximum absolute atomic E-state index is 12.4. The maximum Gasteiger partial charge on any atom is 0.257 e. The summed E-state index contributed by atoms with van der Waals surface area (Å²) in [6.45, 7) is 3.27. The number of hydrogen-bond acceptors (Lipinski definition) is 4. The van der Waals surface area contributed by atoms with Gasteiger partial charge >= 0.3 is 0 Å². The van der Waals surface area contributed by atoms with Crippen molar-refractivity contribution in [1.82, 2.24) is 15.0 Å². The molecule has 0 aliphatic carbocycles. The summed E-state index contributed by atoms with van der Waals surface area (Å²) in [6, 6.07) is 15.4. The summed E-state index contributed by atoms with van der Waals surface area (Å²) in [7, 11) is 0. The van der Waals surface area contributed by atoms with Gasteiger partial charge in [0.2, 0.25) is 5.91 Å². The van der Waals surface area contributed by atoms with Gasteiger partial charge in [-0.15, -0.1) is 0 Å². The number of nitrogens with zero attached hydrogens (tertiary/aromatic N) is 3. The van der Waals surface area contributed by atoms with Gasteiger partial charge in [-0.05, 0) is 36.2 Å². The second-order valence-electron chi connectivity index (χ2n) is 6.57. The summed E-state index contributed by atoms with van der Waals surface area (Å²) in [5.41, 5.74) is 3.12. The number of carbonyl (C=O) groups excluding carboxylic acids is 1. The van der Waals surface area contributed by atoms with E-state index in [-0.39, 0.29) is 11.8 Å². The SMILES string of the molecule is Cc1ccccc1CN1CC(c2noc(-c3cccc(Cl)c3)n2)CC1=O. The van der Waals surface area contributed by atoms with Crippen molar-refractivity contribution >= 4 is 17.5 Å². The van der Waals surface area contributed by atoms with Gasteiger partial charge in [0.15, 0.2) is 5.82 Å². The third kappa shape index (κ3) is 3.35. The lowest BCUT2D eigenvalue weighted by molar-refractivity contribution is -0.128. The smallest absolute Gasteiger partial charge is 0.257 e. The molecule has 1 amide bonds. The molecule has 1 unspecified atom stereocenters. The van der Waals surface area contributed by atoms with Crippen molar-refractivity contribution in [2.24, 2.45) is 0 Å². The van der Waals surface area contributed by atoms with Crippen LogP contribution in [0.4, 0.5) is 0 Å². The average Bonchev–Trinajstić information content (AvgIpc) is 3.24. The van der Waals surface area contributed by atoms with E-state index >= 15 is 0 Å². The summed E-state index contributed by atoms with van der Waals surface area (Å²) >= 11 is 6.02. The van der Waals surface area contributed by atoms with E-state index in [0.29, 0.717) is 36.2 Å². The van der Waals surface area contributed by atoms with Gasteiger partial charge in [-0.3, -0.25) is 4.79 Å². The number of aryl methyl sites for hydroxylation is 1. The number of halogens is 1. The first-order chi connectivity index (χ1) is 12.6. The largest absolute Gasteiger partial charge is 0.338 e. The van der Waals surface area contributed by atoms with E-state index in [0.717, 1.165) is 11.1 Å². The van der Waals surface area contributed by atoms with E-state index in [1.807, 2.05) is 29.2 Å². The summed E-state index contributed by atoms with van der Waals surface area (Å²) in [5.74, 6) is 1.06. The number of hydrogen-bond donors (Lipinski definition) is 0. The van der Waals surface area contributed by atoms with Crippen molar-refractivity contribution in [2.45, 2.75) is 25.8 Å². The first-order valence-electron chi connectivity index (χ1n) is 8.52. The van der Waals surface area contributed by atoms with Crippen molar-refractivity contribution in [1.29, 1.82) is 0 Å². The zero-order valence-electron chi connectivity index (χ0n) is 14.4. The van der Waals surface area contributed by atoms with Crippen molar-refractivity contribution in [3.8, 4) is 11.5 Å². The number of likely N-dealkylation sites (tertiary alicyclic amines) is 1. The van der Waals surface area contributed by atoms with Crippen molar-refractivity contribution < 1.29 is 9.32 Å². The van der Waals surface area contributed by atoms with E-state index in [1.165, 1.54) is 5.56 Å². The molecule has 0 saturated carbocycles. The number of amides is 1. The molecule has 0 radical (unpaired) electrons. The van der Waals surface area contributed by atoms with Gasteiger partial charge in [0.25, 0.3) is 5.89 Å². The molecular formula is C20H18ClN3O2. The summed E-state index contributed by atoms with van der Waals surface area (Å²) in [5, 5.41) is 4.70. The van der Waals surface area contributed by atoms with Gasteiger partial charge in [0.05, 0.1) is 0 Å². The summed E-state index contributed by atoms with van der Waals surface area (Å²) < 4.78 is 5.38. The van der Waals surface area contributed by atoms with Crippen LogP contribution in [0.15, 0.2) is 53.1 Å². The van der Waals surface area contributed by atoms with Crippen LogP contribution in [-0.4, -0.2) is 27.5 Å². The van der Waals surface area contributed by atoms with Crippen LogP contribution in [0.3, 0.4) is 0 Å². The van der Waals surface area contributed by atoms with Crippen LogP contribution < -0.4 is 0 Å². The Kier molecular flexibility index (Phi) is 4.47. The zero-order valence-corrected chi connectivity index (χ0v) is 15.1. The topological polar surface area (TPSA) is 59.2 Å². The second kappa shape index (κ2) is 6.92. The molecule has 0 N–H and O–H groups in total. The zero-order chi connectivity index (χ0) is 18.1. The third-order valence-corrected chi connectivity index (χ3v) is 4.95. The Hall–Kier alpha value is -2.66. The highest BCUT2D eigenvalue weighted by atomic mass is 35.5. The standard InChI is InChI=1S/C20H18ClN3O2/c1-13-5-2-3-6-15(13)11-24-12-16(10-18(24)25)19-22-20(26-23-19)14-7-4-8-17(21)9-14/h2-9,16H,10-12H2,1H3. The summed E-state index contributed by atoms with van der Waals surface area (Å²) in [4.78, 5) is 18.8. The predicted octanol–water partition coefficient (Wildman–Crippen LogP) is 4.21. The Balaban J connectivity index is 1.50. The van der Waals surface area contributed by atoms with E-state index in [2.05, 4.69) is 29.2 Å². The molecule has 5 nitrogen and oxygen atoms in total. The number of benzene rings is 2. The molecule has 0 bridgehead atoms.